The fourth-order valence-corrected chi connectivity index (χ4v) is 2.37. The zero-order valence-corrected chi connectivity index (χ0v) is 11.0. The molecule has 1 aromatic carbocycles. The Balaban J connectivity index is 1.84. The van der Waals surface area contributed by atoms with Crippen LogP contribution in [0.3, 0.4) is 0 Å². The van der Waals surface area contributed by atoms with Crippen LogP contribution in [-0.2, 0) is 16.1 Å². The predicted octanol–water partition coefficient (Wildman–Crippen LogP) is 0.991. The molecule has 0 aromatic heterocycles. The summed E-state index contributed by atoms with van der Waals surface area (Å²) >= 11 is 0. The third-order valence-electron chi connectivity index (χ3n) is 3.43. The van der Waals surface area contributed by atoms with Crippen molar-refractivity contribution in [1.29, 1.82) is 0 Å². The van der Waals surface area contributed by atoms with Crippen LogP contribution in [0.5, 0.6) is 0 Å². The molecule has 1 aliphatic rings. The van der Waals surface area contributed by atoms with E-state index in [1.165, 1.54) is 6.07 Å². The van der Waals surface area contributed by atoms with Gasteiger partial charge in [0.05, 0.1) is 6.54 Å². The van der Waals surface area contributed by atoms with Crippen molar-refractivity contribution >= 4 is 11.9 Å². The molecule has 0 aliphatic carbocycles. The van der Waals surface area contributed by atoms with Crippen LogP contribution in [0.1, 0.15) is 18.4 Å². The maximum Gasteiger partial charge on any atom is 0.320 e. The molecule has 0 radical (unpaired) electrons. The first-order valence-electron chi connectivity index (χ1n) is 6.55. The zero-order valence-electron chi connectivity index (χ0n) is 11.0. The van der Waals surface area contributed by atoms with Crippen molar-refractivity contribution in [1.82, 2.24) is 10.2 Å². The van der Waals surface area contributed by atoms with Crippen LogP contribution in [-0.4, -0.2) is 41.0 Å². The molecule has 1 heterocycles. The number of rotatable bonds is 5. The van der Waals surface area contributed by atoms with Crippen LogP contribution in [0.2, 0.25) is 0 Å². The van der Waals surface area contributed by atoms with Crippen LogP contribution in [0.15, 0.2) is 24.3 Å². The number of nitrogens with one attached hydrogen (secondary N) is 1. The van der Waals surface area contributed by atoms with Gasteiger partial charge in [0.1, 0.15) is 11.9 Å². The Morgan fingerprint density at radius 3 is 2.85 bits per heavy atom. The van der Waals surface area contributed by atoms with Crippen LogP contribution >= 0.6 is 0 Å². The number of hydrogen-bond acceptors (Lipinski definition) is 3. The van der Waals surface area contributed by atoms with E-state index < -0.39 is 12.0 Å². The highest BCUT2D eigenvalue weighted by atomic mass is 19.1. The van der Waals surface area contributed by atoms with Crippen LogP contribution in [0, 0.1) is 5.82 Å². The maximum atomic E-state index is 13.4. The molecule has 1 saturated heterocycles. The lowest BCUT2D eigenvalue weighted by Crippen LogP contribution is -2.42. The molecule has 20 heavy (non-hydrogen) atoms. The van der Waals surface area contributed by atoms with Gasteiger partial charge in [-0.25, -0.2) is 4.39 Å². The van der Waals surface area contributed by atoms with Gasteiger partial charge in [0.25, 0.3) is 0 Å². The summed E-state index contributed by atoms with van der Waals surface area (Å²) < 4.78 is 13.4. The molecule has 1 amide bonds. The molecule has 0 bridgehead atoms. The van der Waals surface area contributed by atoms with E-state index in [9.17, 15) is 14.0 Å². The Bertz CT molecular complexity index is 507. The van der Waals surface area contributed by atoms with E-state index in [2.05, 4.69) is 5.32 Å². The van der Waals surface area contributed by atoms with Crippen molar-refractivity contribution in [2.75, 3.05) is 13.1 Å². The van der Waals surface area contributed by atoms with E-state index in [4.69, 9.17) is 5.11 Å². The van der Waals surface area contributed by atoms with Crippen molar-refractivity contribution in [3.05, 3.63) is 35.6 Å². The lowest BCUT2D eigenvalue weighted by Gasteiger charge is -2.20. The Hall–Kier alpha value is -1.95. The Morgan fingerprint density at radius 1 is 1.40 bits per heavy atom. The topological polar surface area (TPSA) is 69.6 Å². The number of carbonyl (C=O) groups excluding carboxylic acids is 1. The zero-order chi connectivity index (χ0) is 14.5. The molecule has 2 N–H and O–H groups in total. The number of hydrogen-bond donors (Lipinski definition) is 2. The molecular weight excluding hydrogens is 263 g/mol. The highest BCUT2D eigenvalue weighted by molar-refractivity contribution is 5.80. The molecule has 2 rings (SSSR count). The van der Waals surface area contributed by atoms with Crippen molar-refractivity contribution in [2.24, 2.45) is 0 Å². The molecule has 0 unspecified atom stereocenters. The summed E-state index contributed by atoms with van der Waals surface area (Å²) in [6.07, 6.45) is 1.34. The Labute approximate surface area is 116 Å². The monoisotopic (exact) mass is 280 g/mol. The fourth-order valence-electron chi connectivity index (χ4n) is 2.37. The van der Waals surface area contributed by atoms with Gasteiger partial charge in [-0.2, -0.15) is 0 Å². The fraction of sp³-hybridized carbons (Fsp3) is 0.429. The average Bonchev–Trinajstić information content (AvgIpc) is 2.86. The summed E-state index contributed by atoms with van der Waals surface area (Å²) in [7, 11) is 0. The Morgan fingerprint density at radius 2 is 2.15 bits per heavy atom. The summed E-state index contributed by atoms with van der Waals surface area (Å²) in [5.41, 5.74) is 0.414. The normalized spacial score (nSPS) is 18.9. The quantitative estimate of drug-likeness (QED) is 0.844. The van der Waals surface area contributed by atoms with Crippen molar-refractivity contribution in [3.63, 3.8) is 0 Å². The van der Waals surface area contributed by atoms with Gasteiger partial charge >= 0.3 is 5.97 Å². The number of likely N-dealkylation sites (tertiary alicyclic amines) is 1. The third kappa shape index (κ3) is 3.54. The molecule has 1 fully saturated rings. The molecule has 1 aliphatic heterocycles. The number of nitrogens with zero attached hydrogens (tertiary/aromatic N) is 1. The lowest BCUT2D eigenvalue weighted by molar-refractivity contribution is -0.142. The van der Waals surface area contributed by atoms with Crippen molar-refractivity contribution < 1.29 is 19.1 Å². The second kappa shape index (κ2) is 6.47. The molecule has 1 atom stereocenters. The largest absolute Gasteiger partial charge is 0.480 e. The van der Waals surface area contributed by atoms with Crippen LogP contribution in [0.25, 0.3) is 0 Å². The minimum Gasteiger partial charge on any atom is -0.480 e. The van der Waals surface area contributed by atoms with E-state index in [1.807, 2.05) is 0 Å². The summed E-state index contributed by atoms with van der Waals surface area (Å²) in [5, 5.41) is 11.6. The molecular formula is C14H17FN2O3. The average molecular weight is 280 g/mol. The van der Waals surface area contributed by atoms with E-state index in [-0.39, 0.29) is 24.8 Å². The smallest absolute Gasteiger partial charge is 0.320 e. The number of amides is 1. The Kier molecular flexibility index (Phi) is 4.68. The van der Waals surface area contributed by atoms with Gasteiger partial charge in [0.2, 0.25) is 5.91 Å². The molecule has 1 aromatic rings. The highest BCUT2D eigenvalue weighted by Gasteiger charge is 2.31. The van der Waals surface area contributed by atoms with Gasteiger partial charge in [-0.05, 0) is 25.5 Å². The minimum absolute atomic E-state index is 0.0332. The second-order valence-corrected chi connectivity index (χ2v) is 4.83. The van der Waals surface area contributed by atoms with Gasteiger partial charge in [0, 0.05) is 12.1 Å². The number of carbonyl (C=O) groups is 2. The molecule has 0 spiro atoms. The number of carboxylic acid groups (broad SMARTS) is 1. The molecule has 0 saturated carbocycles. The van der Waals surface area contributed by atoms with Gasteiger partial charge in [-0.3, -0.25) is 14.5 Å². The summed E-state index contributed by atoms with van der Waals surface area (Å²) in [6.45, 7) is 0.743. The van der Waals surface area contributed by atoms with Gasteiger partial charge in [-0.15, -0.1) is 0 Å². The SMILES string of the molecule is O=C(CN1CCC[C@@H]1C(=O)O)NCc1ccccc1F. The summed E-state index contributed by atoms with van der Waals surface area (Å²) in [4.78, 5) is 24.4. The number of halogens is 1. The van der Waals surface area contributed by atoms with Gasteiger partial charge in [-0.1, -0.05) is 18.2 Å². The first-order chi connectivity index (χ1) is 9.58. The second-order valence-electron chi connectivity index (χ2n) is 4.83. The van der Waals surface area contributed by atoms with E-state index in [0.717, 1.165) is 6.42 Å². The number of aliphatic carboxylic acids is 1. The van der Waals surface area contributed by atoms with Gasteiger partial charge in [0.15, 0.2) is 0 Å². The van der Waals surface area contributed by atoms with Crippen molar-refractivity contribution in [2.45, 2.75) is 25.4 Å². The standard InChI is InChI=1S/C14H17FN2O3/c15-11-5-2-1-4-10(11)8-16-13(18)9-17-7-3-6-12(17)14(19)20/h1-2,4-5,12H,3,6-9H2,(H,16,18)(H,19,20)/t12-/m1/s1. The molecule has 108 valence electrons. The summed E-state index contributed by atoms with van der Waals surface area (Å²) in [5.74, 6) is -1.55. The number of carboxylic acids is 1. The molecule has 6 heteroatoms. The third-order valence-corrected chi connectivity index (χ3v) is 3.43. The van der Waals surface area contributed by atoms with Crippen molar-refractivity contribution in [3.8, 4) is 0 Å². The first kappa shape index (κ1) is 14.5. The highest BCUT2D eigenvalue weighted by Crippen LogP contribution is 2.16. The van der Waals surface area contributed by atoms with E-state index in [1.54, 1.807) is 23.1 Å². The van der Waals surface area contributed by atoms with Gasteiger partial charge < -0.3 is 10.4 Å². The van der Waals surface area contributed by atoms with E-state index in [0.29, 0.717) is 18.5 Å². The minimum atomic E-state index is -0.899. The number of benzene rings is 1. The first-order valence-corrected chi connectivity index (χ1v) is 6.55. The van der Waals surface area contributed by atoms with Crippen LogP contribution in [0.4, 0.5) is 4.39 Å². The van der Waals surface area contributed by atoms with Crippen LogP contribution < -0.4 is 5.32 Å². The predicted molar refractivity (Wildman–Crippen MR) is 70.5 cm³/mol. The van der Waals surface area contributed by atoms with E-state index >= 15 is 0 Å². The maximum absolute atomic E-state index is 13.4. The lowest BCUT2D eigenvalue weighted by atomic mass is 10.2. The molecule has 5 nitrogen and oxygen atoms in total. The summed E-state index contributed by atoms with van der Waals surface area (Å²) in [6, 6.07) is 5.64.